The van der Waals surface area contributed by atoms with Crippen LogP contribution < -0.4 is 4.90 Å². The number of carbonyl (C=O) groups excluding carboxylic acids is 1. The van der Waals surface area contributed by atoms with E-state index in [9.17, 15) is 4.79 Å². The summed E-state index contributed by atoms with van der Waals surface area (Å²) in [6.45, 7) is 6.56. The normalized spacial score (nSPS) is 15.2. The standard InChI is InChI=1S/C17H17ClN4O2S/c1-10-3-4-12(18)15-14(10)19-17(25-15)22-7-5-21(6-8-22)16(23)13-9-11(2)20-24-13/h3-4,9H,5-8H2,1-2H3. The van der Waals surface area contributed by atoms with Crippen LogP contribution in [0, 0.1) is 13.8 Å². The van der Waals surface area contributed by atoms with Crippen molar-refractivity contribution in [1.29, 1.82) is 0 Å². The van der Waals surface area contributed by atoms with Crippen LogP contribution in [0.3, 0.4) is 0 Å². The minimum atomic E-state index is -0.108. The zero-order chi connectivity index (χ0) is 17.6. The minimum absolute atomic E-state index is 0.108. The summed E-state index contributed by atoms with van der Waals surface area (Å²) in [5.74, 6) is 0.191. The van der Waals surface area contributed by atoms with Gasteiger partial charge >= 0.3 is 0 Å². The molecule has 1 fully saturated rings. The molecule has 25 heavy (non-hydrogen) atoms. The molecule has 0 radical (unpaired) electrons. The SMILES string of the molecule is Cc1cc(C(=O)N2CCN(c3nc4c(C)ccc(Cl)c4s3)CC2)on1. The van der Waals surface area contributed by atoms with Gasteiger partial charge in [0.15, 0.2) is 5.13 Å². The number of benzene rings is 1. The number of hydrogen-bond donors (Lipinski definition) is 0. The molecule has 0 N–H and O–H groups in total. The lowest BCUT2D eigenvalue weighted by molar-refractivity contribution is 0.0704. The van der Waals surface area contributed by atoms with Crippen molar-refractivity contribution < 1.29 is 9.32 Å². The summed E-state index contributed by atoms with van der Waals surface area (Å²) < 4.78 is 6.10. The maximum absolute atomic E-state index is 12.4. The molecule has 0 spiro atoms. The molecule has 2 aromatic heterocycles. The van der Waals surface area contributed by atoms with Crippen molar-refractivity contribution >= 4 is 44.2 Å². The molecule has 0 saturated carbocycles. The topological polar surface area (TPSA) is 62.5 Å². The Hall–Kier alpha value is -2.12. The smallest absolute Gasteiger partial charge is 0.292 e. The predicted octanol–water partition coefficient (Wildman–Crippen LogP) is 3.52. The van der Waals surface area contributed by atoms with Crippen LogP contribution in [0.4, 0.5) is 5.13 Å². The van der Waals surface area contributed by atoms with E-state index in [-0.39, 0.29) is 5.91 Å². The minimum Gasteiger partial charge on any atom is -0.351 e. The number of fused-ring (bicyclic) bond motifs is 1. The third-order valence-electron chi connectivity index (χ3n) is 4.36. The summed E-state index contributed by atoms with van der Waals surface area (Å²) in [7, 11) is 0. The Bertz CT molecular complexity index is 904. The lowest BCUT2D eigenvalue weighted by atomic mass is 10.2. The van der Waals surface area contributed by atoms with Gasteiger partial charge in [0.2, 0.25) is 5.76 Å². The van der Waals surface area contributed by atoms with Gasteiger partial charge in [-0.05, 0) is 25.5 Å². The molecule has 3 aromatic rings. The van der Waals surface area contributed by atoms with E-state index in [0.717, 1.165) is 39.0 Å². The Morgan fingerprint density at radius 1 is 1.24 bits per heavy atom. The van der Waals surface area contributed by atoms with E-state index < -0.39 is 0 Å². The maximum atomic E-state index is 12.4. The van der Waals surface area contributed by atoms with E-state index in [0.29, 0.717) is 24.5 Å². The van der Waals surface area contributed by atoms with Crippen LogP contribution >= 0.6 is 22.9 Å². The highest BCUT2D eigenvalue weighted by molar-refractivity contribution is 7.22. The van der Waals surface area contributed by atoms with E-state index >= 15 is 0 Å². The number of anilines is 1. The molecule has 1 aliphatic heterocycles. The highest BCUT2D eigenvalue weighted by Gasteiger charge is 2.26. The van der Waals surface area contributed by atoms with Gasteiger partial charge in [-0.15, -0.1) is 0 Å². The van der Waals surface area contributed by atoms with E-state index in [1.807, 2.05) is 19.1 Å². The van der Waals surface area contributed by atoms with Gasteiger partial charge in [-0.3, -0.25) is 4.79 Å². The first kappa shape index (κ1) is 16.4. The summed E-state index contributed by atoms with van der Waals surface area (Å²) in [6, 6.07) is 5.58. The lowest BCUT2D eigenvalue weighted by Crippen LogP contribution is -2.48. The van der Waals surface area contributed by atoms with Crippen LogP contribution in [0.15, 0.2) is 22.7 Å². The third-order valence-corrected chi connectivity index (χ3v) is 5.94. The Labute approximate surface area is 154 Å². The van der Waals surface area contributed by atoms with Crippen molar-refractivity contribution in [1.82, 2.24) is 15.0 Å². The molecule has 1 aliphatic rings. The molecule has 6 nitrogen and oxygen atoms in total. The Kier molecular flexibility index (Phi) is 4.13. The number of aryl methyl sites for hydroxylation is 2. The summed E-state index contributed by atoms with van der Waals surface area (Å²) in [5.41, 5.74) is 2.79. The fourth-order valence-corrected chi connectivity index (χ4v) is 4.32. The number of nitrogens with zero attached hydrogens (tertiary/aromatic N) is 4. The first-order chi connectivity index (χ1) is 12.0. The quantitative estimate of drug-likeness (QED) is 0.684. The zero-order valence-corrected chi connectivity index (χ0v) is 15.5. The van der Waals surface area contributed by atoms with Gasteiger partial charge in [0.1, 0.15) is 0 Å². The monoisotopic (exact) mass is 376 g/mol. The van der Waals surface area contributed by atoms with Crippen LogP contribution in [0.1, 0.15) is 21.8 Å². The molecule has 1 aromatic carbocycles. The second-order valence-electron chi connectivity index (χ2n) is 6.15. The summed E-state index contributed by atoms with van der Waals surface area (Å²) in [5, 5.41) is 5.47. The molecule has 0 aliphatic carbocycles. The average molecular weight is 377 g/mol. The van der Waals surface area contributed by atoms with Crippen molar-refractivity contribution in [2.75, 3.05) is 31.1 Å². The molecular weight excluding hydrogens is 360 g/mol. The zero-order valence-electron chi connectivity index (χ0n) is 14.0. The Morgan fingerprint density at radius 3 is 2.64 bits per heavy atom. The van der Waals surface area contributed by atoms with Crippen molar-refractivity contribution in [3.8, 4) is 0 Å². The van der Waals surface area contributed by atoms with Crippen molar-refractivity contribution in [2.24, 2.45) is 0 Å². The number of piperazine rings is 1. The number of aromatic nitrogens is 2. The first-order valence-corrected chi connectivity index (χ1v) is 9.25. The first-order valence-electron chi connectivity index (χ1n) is 8.06. The number of thiazole rings is 1. The van der Waals surface area contributed by atoms with Crippen LogP contribution in [0.2, 0.25) is 5.02 Å². The molecule has 3 heterocycles. The van der Waals surface area contributed by atoms with Gasteiger partial charge in [-0.1, -0.05) is 34.2 Å². The molecule has 1 saturated heterocycles. The van der Waals surface area contributed by atoms with E-state index in [4.69, 9.17) is 21.1 Å². The van der Waals surface area contributed by atoms with Gasteiger partial charge in [0.05, 0.1) is 20.9 Å². The second kappa shape index (κ2) is 6.31. The van der Waals surface area contributed by atoms with Gasteiger partial charge in [-0.25, -0.2) is 4.98 Å². The fourth-order valence-electron chi connectivity index (χ4n) is 2.95. The van der Waals surface area contributed by atoms with Gasteiger partial charge in [0.25, 0.3) is 5.91 Å². The van der Waals surface area contributed by atoms with Crippen LogP contribution in [0.25, 0.3) is 10.2 Å². The largest absolute Gasteiger partial charge is 0.351 e. The number of halogens is 1. The van der Waals surface area contributed by atoms with Crippen molar-refractivity contribution in [3.05, 3.63) is 40.2 Å². The highest BCUT2D eigenvalue weighted by atomic mass is 35.5. The number of rotatable bonds is 2. The molecule has 0 atom stereocenters. The lowest BCUT2D eigenvalue weighted by Gasteiger charge is -2.33. The van der Waals surface area contributed by atoms with Crippen LogP contribution in [0.5, 0.6) is 0 Å². The Morgan fingerprint density at radius 2 is 2.00 bits per heavy atom. The van der Waals surface area contributed by atoms with E-state index in [2.05, 4.69) is 10.1 Å². The van der Waals surface area contributed by atoms with Crippen molar-refractivity contribution in [3.63, 3.8) is 0 Å². The number of amides is 1. The number of hydrogen-bond acceptors (Lipinski definition) is 6. The maximum Gasteiger partial charge on any atom is 0.292 e. The predicted molar refractivity (Wildman–Crippen MR) is 98.7 cm³/mol. The molecule has 8 heteroatoms. The van der Waals surface area contributed by atoms with Gasteiger partial charge in [0, 0.05) is 32.2 Å². The number of carbonyl (C=O) groups is 1. The van der Waals surface area contributed by atoms with Crippen LogP contribution in [-0.2, 0) is 0 Å². The van der Waals surface area contributed by atoms with Gasteiger partial charge < -0.3 is 14.3 Å². The molecule has 0 bridgehead atoms. The summed E-state index contributed by atoms with van der Waals surface area (Å²) >= 11 is 7.90. The van der Waals surface area contributed by atoms with Gasteiger partial charge in [-0.2, -0.15) is 0 Å². The third kappa shape index (κ3) is 2.98. The average Bonchev–Trinajstić information content (AvgIpc) is 3.25. The van der Waals surface area contributed by atoms with E-state index in [1.165, 1.54) is 0 Å². The highest BCUT2D eigenvalue weighted by Crippen LogP contribution is 2.35. The molecule has 0 unspecified atom stereocenters. The molecule has 1 amide bonds. The molecular formula is C17H17ClN4O2S. The molecule has 4 rings (SSSR count). The van der Waals surface area contributed by atoms with Crippen LogP contribution in [-0.4, -0.2) is 47.1 Å². The van der Waals surface area contributed by atoms with E-state index in [1.54, 1.807) is 29.2 Å². The Balaban J connectivity index is 1.49. The molecule has 130 valence electrons. The fraction of sp³-hybridized carbons (Fsp3) is 0.353. The van der Waals surface area contributed by atoms with Crippen molar-refractivity contribution in [2.45, 2.75) is 13.8 Å². The summed E-state index contributed by atoms with van der Waals surface area (Å²) in [6.07, 6.45) is 0. The summed E-state index contributed by atoms with van der Waals surface area (Å²) in [4.78, 5) is 21.2. The second-order valence-corrected chi connectivity index (χ2v) is 7.53.